The van der Waals surface area contributed by atoms with Crippen molar-refractivity contribution in [2.45, 2.75) is 13.8 Å². The van der Waals surface area contributed by atoms with Gasteiger partial charge in [-0.2, -0.15) is 0 Å². The molecule has 0 saturated carbocycles. The lowest BCUT2D eigenvalue weighted by atomic mass is 10.1. The summed E-state index contributed by atoms with van der Waals surface area (Å²) in [5.74, 6) is -0.333. The Bertz CT molecular complexity index is 634. The van der Waals surface area contributed by atoms with Crippen LogP contribution in [0.5, 0.6) is 0 Å². The first kappa shape index (κ1) is 14.3. The Hall–Kier alpha value is -2.14. The van der Waals surface area contributed by atoms with Crippen LogP contribution >= 0.6 is 11.3 Å². The van der Waals surface area contributed by atoms with Gasteiger partial charge in [-0.15, -0.1) is 11.3 Å². The number of carbonyl (C=O) groups is 2. The van der Waals surface area contributed by atoms with Crippen LogP contribution in [-0.2, 0) is 4.74 Å². The van der Waals surface area contributed by atoms with Gasteiger partial charge in [-0.1, -0.05) is 12.1 Å². The minimum atomic E-state index is -0.328. The number of carbonyl (C=O) groups excluding carboxylic acids is 2. The van der Waals surface area contributed by atoms with Gasteiger partial charge in [0.25, 0.3) is 0 Å². The van der Waals surface area contributed by atoms with Gasteiger partial charge in [0.05, 0.1) is 11.6 Å². The molecule has 4 nitrogen and oxygen atoms in total. The van der Waals surface area contributed by atoms with Crippen LogP contribution < -0.4 is 5.32 Å². The molecule has 0 unspecified atom stereocenters. The molecule has 0 aliphatic heterocycles. The number of hydrogen-bond acceptors (Lipinski definition) is 5. The van der Waals surface area contributed by atoms with Crippen molar-refractivity contribution in [2.75, 3.05) is 11.9 Å². The van der Waals surface area contributed by atoms with E-state index in [-0.39, 0.29) is 11.8 Å². The molecule has 1 heterocycles. The molecule has 0 spiro atoms. The summed E-state index contributed by atoms with van der Waals surface area (Å²) in [4.78, 5) is 23.7. The number of ketones is 1. The number of anilines is 2. The second-order valence-electron chi connectivity index (χ2n) is 4.11. The highest BCUT2D eigenvalue weighted by Gasteiger charge is 2.11. The van der Waals surface area contributed by atoms with E-state index in [0.29, 0.717) is 17.0 Å². The number of ether oxygens (including phenoxy) is 1. The van der Waals surface area contributed by atoms with Crippen LogP contribution in [0.2, 0.25) is 0 Å². The van der Waals surface area contributed by atoms with Gasteiger partial charge in [0.15, 0.2) is 5.78 Å². The number of nitrogens with one attached hydrogen (secondary N) is 1. The number of thiophene rings is 1. The fourth-order valence-electron chi connectivity index (χ4n) is 1.75. The Labute approximate surface area is 121 Å². The molecular weight excluding hydrogens is 274 g/mol. The van der Waals surface area contributed by atoms with Crippen LogP contribution in [0.3, 0.4) is 0 Å². The second kappa shape index (κ2) is 6.34. The van der Waals surface area contributed by atoms with E-state index in [2.05, 4.69) is 5.32 Å². The first-order valence-electron chi connectivity index (χ1n) is 6.25. The topological polar surface area (TPSA) is 55.4 Å². The third-order valence-corrected chi connectivity index (χ3v) is 3.63. The molecule has 1 aromatic heterocycles. The average Bonchev–Trinajstić information content (AvgIpc) is 2.88. The summed E-state index contributed by atoms with van der Waals surface area (Å²) >= 11 is 1.30. The minimum Gasteiger partial charge on any atom is -0.462 e. The first-order valence-corrected chi connectivity index (χ1v) is 7.07. The maximum Gasteiger partial charge on any atom is 0.348 e. The lowest BCUT2D eigenvalue weighted by molar-refractivity contribution is 0.0532. The summed E-state index contributed by atoms with van der Waals surface area (Å²) < 4.78 is 4.94. The van der Waals surface area contributed by atoms with Gasteiger partial charge in [0, 0.05) is 11.3 Å². The number of benzene rings is 1. The molecule has 104 valence electrons. The molecule has 0 fully saturated rings. The van der Waals surface area contributed by atoms with Crippen LogP contribution in [0.1, 0.15) is 33.9 Å². The molecule has 0 amide bonds. The van der Waals surface area contributed by atoms with Gasteiger partial charge < -0.3 is 10.1 Å². The highest BCUT2D eigenvalue weighted by atomic mass is 32.1. The number of hydrogen-bond donors (Lipinski definition) is 1. The van der Waals surface area contributed by atoms with Gasteiger partial charge in [0.1, 0.15) is 4.88 Å². The van der Waals surface area contributed by atoms with Crippen molar-refractivity contribution in [3.63, 3.8) is 0 Å². The molecule has 0 saturated heterocycles. The van der Waals surface area contributed by atoms with E-state index in [4.69, 9.17) is 4.74 Å². The van der Waals surface area contributed by atoms with E-state index < -0.39 is 0 Å². The average molecular weight is 289 g/mol. The fourth-order valence-corrected chi connectivity index (χ4v) is 2.56. The summed E-state index contributed by atoms with van der Waals surface area (Å²) in [7, 11) is 0. The molecule has 0 radical (unpaired) electrons. The minimum absolute atomic E-state index is 0.00438. The van der Waals surface area contributed by atoms with Crippen molar-refractivity contribution >= 4 is 33.8 Å². The molecule has 1 aromatic carbocycles. The molecule has 0 atom stereocenters. The standard InChI is InChI=1S/C15H15NO3S/c1-3-19-15(18)13-8-9-14(20-13)16-12-7-5-4-6-11(12)10(2)17/h4-9,16H,3H2,1-2H3. The second-order valence-corrected chi connectivity index (χ2v) is 5.19. The van der Waals surface area contributed by atoms with Gasteiger partial charge in [0.2, 0.25) is 0 Å². The van der Waals surface area contributed by atoms with E-state index in [1.807, 2.05) is 18.2 Å². The maximum atomic E-state index is 11.6. The molecule has 5 heteroatoms. The highest BCUT2D eigenvalue weighted by molar-refractivity contribution is 7.17. The predicted molar refractivity (Wildman–Crippen MR) is 80.0 cm³/mol. The van der Waals surface area contributed by atoms with Gasteiger partial charge >= 0.3 is 5.97 Å². The normalized spacial score (nSPS) is 10.1. The van der Waals surface area contributed by atoms with Crippen LogP contribution in [0, 0.1) is 0 Å². The predicted octanol–water partition coefficient (Wildman–Crippen LogP) is 3.87. The molecule has 1 N–H and O–H groups in total. The highest BCUT2D eigenvalue weighted by Crippen LogP contribution is 2.28. The Morgan fingerprint density at radius 2 is 1.95 bits per heavy atom. The van der Waals surface area contributed by atoms with Crippen molar-refractivity contribution in [2.24, 2.45) is 0 Å². The Kier molecular flexibility index (Phi) is 4.53. The van der Waals surface area contributed by atoms with E-state index in [1.165, 1.54) is 18.3 Å². The molecule has 0 aliphatic rings. The number of para-hydroxylation sites is 1. The zero-order valence-electron chi connectivity index (χ0n) is 11.3. The zero-order chi connectivity index (χ0) is 14.5. The van der Waals surface area contributed by atoms with Gasteiger partial charge in [-0.25, -0.2) is 4.79 Å². The number of esters is 1. The fraction of sp³-hybridized carbons (Fsp3) is 0.200. The van der Waals surface area contributed by atoms with E-state index in [1.54, 1.807) is 25.1 Å². The summed E-state index contributed by atoms with van der Waals surface area (Å²) in [5.41, 5.74) is 1.36. The van der Waals surface area contributed by atoms with Crippen molar-refractivity contribution in [3.8, 4) is 0 Å². The van der Waals surface area contributed by atoms with Gasteiger partial charge in [-0.05, 0) is 38.1 Å². The lowest BCUT2D eigenvalue weighted by Crippen LogP contribution is -2.01. The molecular formula is C15H15NO3S. The SMILES string of the molecule is CCOC(=O)c1ccc(Nc2ccccc2C(C)=O)s1. The summed E-state index contributed by atoms with van der Waals surface area (Å²) in [6.07, 6.45) is 0. The number of rotatable bonds is 5. The summed E-state index contributed by atoms with van der Waals surface area (Å²) in [6.45, 7) is 3.65. The monoisotopic (exact) mass is 289 g/mol. The van der Waals surface area contributed by atoms with Crippen LogP contribution in [0.25, 0.3) is 0 Å². The first-order chi connectivity index (χ1) is 9.61. The van der Waals surface area contributed by atoms with E-state index >= 15 is 0 Å². The van der Waals surface area contributed by atoms with Crippen LogP contribution in [0.4, 0.5) is 10.7 Å². The molecule has 2 rings (SSSR count). The lowest BCUT2D eigenvalue weighted by Gasteiger charge is -2.07. The largest absolute Gasteiger partial charge is 0.462 e. The van der Waals surface area contributed by atoms with Crippen LogP contribution in [0.15, 0.2) is 36.4 Å². The molecule has 2 aromatic rings. The van der Waals surface area contributed by atoms with Crippen molar-refractivity contribution < 1.29 is 14.3 Å². The Morgan fingerprint density at radius 1 is 1.20 bits per heavy atom. The third kappa shape index (κ3) is 3.24. The van der Waals surface area contributed by atoms with Crippen LogP contribution in [-0.4, -0.2) is 18.4 Å². The van der Waals surface area contributed by atoms with Crippen molar-refractivity contribution in [1.82, 2.24) is 0 Å². The molecule has 0 aliphatic carbocycles. The molecule has 0 bridgehead atoms. The van der Waals surface area contributed by atoms with Crippen molar-refractivity contribution in [3.05, 3.63) is 46.8 Å². The zero-order valence-corrected chi connectivity index (χ0v) is 12.1. The quantitative estimate of drug-likeness (QED) is 0.670. The number of Topliss-reactive ketones (excluding diaryl/α,β-unsaturated/α-hetero) is 1. The van der Waals surface area contributed by atoms with E-state index in [0.717, 1.165) is 10.7 Å². The summed E-state index contributed by atoms with van der Waals surface area (Å²) in [5, 5.41) is 3.95. The van der Waals surface area contributed by atoms with Crippen molar-refractivity contribution in [1.29, 1.82) is 0 Å². The third-order valence-electron chi connectivity index (χ3n) is 2.65. The Balaban J connectivity index is 2.19. The Morgan fingerprint density at radius 3 is 2.65 bits per heavy atom. The van der Waals surface area contributed by atoms with E-state index in [9.17, 15) is 9.59 Å². The maximum absolute atomic E-state index is 11.6. The smallest absolute Gasteiger partial charge is 0.348 e. The summed E-state index contributed by atoms with van der Waals surface area (Å²) in [6, 6.07) is 10.8. The van der Waals surface area contributed by atoms with Gasteiger partial charge in [-0.3, -0.25) is 4.79 Å². The molecule has 20 heavy (non-hydrogen) atoms.